The molecule has 0 unspecified atom stereocenters. The molecule has 1 fully saturated rings. The summed E-state index contributed by atoms with van der Waals surface area (Å²) in [5.41, 5.74) is 0. The van der Waals surface area contributed by atoms with Gasteiger partial charge in [-0.3, -0.25) is 4.79 Å². The molecule has 3 nitrogen and oxygen atoms in total. The number of amides is 1. The highest BCUT2D eigenvalue weighted by atomic mass is 32.2. The van der Waals surface area contributed by atoms with Crippen molar-refractivity contribution in [3.05, 3.63) is 0 Å². The third-order valence-corrected chi connectivity index (χ3v) is 1.52. The van der Waals surface area contributed by atoms with Crippen LogP contribution in [0.25, 0.3) is 0 Å². The first-order chi connectivity index (χ1) is 3.29. The lowest BCUT2D eigenvalue weighted by Crippen LogP contribution is -2.24. The Morgan fingerprint density at radius 3 is 2.86 bits per heavy atom. The van der Waals surface area contributed by atoms with Gasteiger partial charge in [-0.05, 0) is 0 Å². The molecule has 0 radical (unpaired) electrons. The fraction of sp³-hybridized carbons (Fsp3) is 0.667. The summed E-state index contributed by atoms with van der Waals surface area (Å²) in [5, 5.41) is 10.7. The predicted octanol–water partition coefficient (Wildman–Crippen LogP) is -0.239. The second kappa shape index (κ2) is 1.71. The minimum Gasteiger partial charge on any atom is -0.373 e. The second-order valence-corrected chi connectivity index (χ2v) is 2.25. The van der Waals surface area contributed by atoms with Crippen molar-refractivity contribution >= 4 is 17.0 Å². The number of hydrogen-bond donors (Lipinski definition) is 2. The minimum absolute atomic E-state index is 0.132. The quantitative estimate of drug-likeness (QED) is 0.462. The lowest BCUT2D eigenvalue weighted by Gasteiger charge is -1.93. The normalized spacial score (nSPS) is 30.4. The predicted molar refractivity (Wildman–Crippen MR) is 27.0 cm³/mol. The molecule has 1 amide bonds. The van der Waals surface area contributed by atoms with Crippen LogP contribution in [0.15, 0.2) is 0 Å². The van der Waals surface area contributed by atoms with Crippen molar-refractivity contribution in [2.24, 2.45) is 0 Å². The molecular formula is C3H5NO2S. The van der Waals surface area contributed by atoms with Crippen LogP contribution in [-0.2, 0) is 0 Å². The third kappa shape index (κ3) is 1.07. The molecule has 0 bridgehead atoms. The molecule has 1 saturated heterocycles. The van der Waals surface area contributed by atoms with Crippen molar-refractivity contribution in [2.75, 3.05) is 5.75 Å². The van der Waals surface area contributed by atoms with Crippen LogP contribution in [0.3, 0.4) is 0 Å². The Bertz CT molecular complexity index is 94.9. The Labute approximate surface area is 45.1 Å². The molecule has 1 rings (SSSR count). The molecule has 2 N–H and O–H groups in total. The molecule has 0 aliphatic carbocycles. The number of nitrogens with one attached hydrogen (secondary N) is 1. The standard InChI is InChI=1S/C3H5NO2S/c5-2-1-7-3(6)4-2/h2,5H,1H2,(H,4,6)/t2-/m1/s1. The number of rotatable bonds is 0. The zero-order chi connectivity index (χ0) is 5.28. The molecular weight excluding hydrogens is 114 g/mol. The van der Waals surface area contributed by atoms with Gasteiger partial charge in [0.2, 0.25) is 0 Å². The van der Waals surface area contributed by atoms with Gasteiger partial charge in [0.05, 0.1) is 0 Å². The van der Waals surface area contributed by atoms with Crippen LogP contribution >= 0.6 is 11.8 Å². The van der Waals surface area contributed by atoms with Crippen molar-refractivity contribution < 1.29 is 9.90 Å². The summed E-state index contributed by atoms with van der Waals surface area (Å²) in [6, 6.07) is 0. The fourth-order valence-corrected chi connectivity index (χ4v) is 0.986. The Morgan fingerprint density at radius 1 is 2.00 bits per heavy atom. The van der Waals surface area contributed by atoms with E-state index in [1.165, 1.54) is 0 Å². The summed E-state index contributed by atoms with van der Waals surface area (Å²) < 4.78 is 0. The zero-order valence-corrected chi connectivity index (χ0v) is 4.36. The highest BCUT2D eigenvalue weighted by Gasteiger charge is 2.17. The van der Waals surface area contributed by atoms with E-state index in [1.807, 2.05) is 0 Å². The summed E-state index contributed by atoms with van der Waals surface area (Å²) >= 11 is 1.11. The molecule has 0 spiro atoms. The number of hydrogen-bond acceptors (Lipinski definition) is 3. The van der Waals surface area contributed by atoms with Crippen LogP contribution in [0.1, 0.15) is 0 Å². The van der Waals surface area contributed by atoms with Crippen molar-refractivity contribution in [3.63, 3.8) is 0 Å². The SMILES string of the molecule is O=C1N[C@H](O)CS1. The zero-order valence-electron chi connectivity index (χ0n) is 3.55. The molecule has 1 aliphatic rings. The first kappa shape index (κ1) is 4.93. The van der Waals surface area contributed by atoms with E-state index < -0.39 is 6.23 Å². The molecule has 7 heavy (non-hydrogen) atoms. The van der Waals surface area contributed by atoms with Crippen molar-refractivity contribution in [1.82, 2.24) is 5.32 Å². The first-order valence-corrected chi connectivity index (χ1v) is 2.89. The first-order valence-electron chi connectivity index (χ1n) is 1.90. The smallest absolute Gasteiger partial charge is 0.281 e. The highest BCUT2D eigenvalue weighted by molar-refractivity contribution is 8.13. The molecule has 1 aliphatic heterocycles. The number of thioether (sulfide) groups is 1. The van der Waals surface area contributed by atoms with E-state index in [2.05, 4.69) is 5.32 Å². The molecule has 0 aromatic heterocycles. The van der Waals surface area contributed by atoms with E-state index in [0.717, 1.165) is 11.8 Å². The van der Waals surface area contributed by atoms with Gasteiger partial charge in [0, 0.05) is 5.75 Å². The topological polar surface area (TPSA) is 49.3 Å². The Balaban J connectivity index is 2.40. The van der Waals surface area contributed by atoms with Crippen molar-refractivity contribution in [2.45, 2.75) is 6.23 Å². The summed E-state index contributed by atoms with van der Waals surface area (Å²) in [4.78, 5) is 10.1. The van der Waals surface area contributed by atoms with E-state index in [4.69, 9.17) is 5.11 Å². The highest BCUT2D eigenvalue weighted by Crippen LogP contribution is 2.09. The van der Waals surface area contributed by atoms with Gasteiger partial charge < -0.3 is 10.4 Å². The molecule has 1 heterocycles. The van der Waals surface area contributed by atoms with Crippen molar-refractivity contribution in [1.29, 1.82) is 0 Å². The van der Waals surface area contributed by atoms with Crippen LogP contribution < -0.4 is 5.32 Å². The largest absolute Gasteiger partial charge is 0.373 e. The molecule has 0 saturated carbocycles. The van der Waals surface area contributed by atoms with Crippen LogP contribution in [-0.4, -0.2) is 22.3 Å². The van der Waals surface area contributed by atoms with Crippen molar-refractivity contribution in [3.8, 4) is 0 Å². The van der Waals surface area contributed by atoms with E-state index in [9.17, 15) is 4.79 Å². The van der Waals surface area contributed by atoms with Gasteiger partial charge in [0.1, 0.15) is 6.23 Å². The lowest BCUT2D eigenvalue weighted by atomic mass is 10.7. The van der Waals surface area contributed by atoms with E-state index >= 15 is 0 Å². The molecule has 0 aromatic carbocycles. The van der Waals surface area contributed by atoms with Gasteiger partial charge >= 0.3 is 0 Å². The van der Waals surface area contributed by atoms with Crippen LogP contribution in [0.2, 0.25) is 0 Å². The average Bonchev–Trinajstić information content (AvgIpc) is 1.87. The van der Waals surface area contributed by atoms with Crippen LogP contribution in [0.5, 0.6) is 0 Å². The third-order valence-electron chi connectivity index (χ3n) is 0.657. The summed E-state index contributed by atoms with van der Waals surface area (Å²) in [7, 11) is 0. The number of carbonyl (C=O) groups excluding carboxylic acids is 1. The molecule has 0 aromatic rings. The molecule has 1 atom stereocenters. The maximum Gasteiger partial charge on any atom is 0.281 e. The van der Waals surface area contributed by atoms with Gasteiger partial charge in [0.15, 0.2) is 0 Å². The molecule has 4 heteroatoms. The Morgan fingerprint density at radius 2 is 2.71 bits per heavy atom. The number of carbonyl (C=O) groups is 1. The maximum atomic E-state index is 10.1. The van der Waals surface area contributed by atoms with Gasteiger partial charge in [-0.1, -0.05) is 11.8 Å². The van der Waals surface area contributed by atoms with Gasteiger partial charge in [-0.15, -0.1) is 0 Å². The second-order valence-electron chi connectivity index (χ2n) is 1.26. The van der Waals surface area contributed by atoms with Gasteiger partial charge in [-0.25, -0.2) is 0 Å². The van der Waals surface area contributed by atoms with Gasteiger partial charge in [-0.2, -0.15) is 0 Å². The lowest BCUT2D eigenvalue weighted by molar-refractivity contribution is 0.176. The summed E-state index contributed by atoms with van der Waals surface area (Å²) in [5.74, 6) is 0.485. The Kier molecular flexibility index (Phi) is 1.21. The summed E-state index contributed by atoms with van der Waals surface area (Å²) in [6.45, 7) is 0. The minimum atomic E-state index is -0.613. The maximum absolute atomic E-state index is 10.1. The van der Waals surface area contributed by atoms with Crippen LogP contribution in [0, 0.1) is 0 Å². The molecule has 40 valence electrons. The Hall–Kier alpha value is -0.220. The van der Waals surface area contributed by atoms with E-state index in [-0.39, 0.29) is 5.24 Å². The summed E-state index contributed by atoms with van der Waals surface area (Å²) in [6.07, 6.45) is -0.613. The van der Waals surface area contributed by atoms with E-state index in [1.54, 1.807) is 0 Å². The van der Waals surface area contributed by atoms with Crippen LogP contribution in [0.4, 0.5) is 4.79 Å². The number of aliphatic hydroxyl groups is 1. The fourth-order valence-electron chi connectivity index (χ4n) is 0.374. The number of aliphatic hydroxyl groups excluding tert-OH is 1. The van der Waals surface area contributed by atoms with E-state index in [0.29, 0.717) is 5.75 Å². The van der Waals surface area contributed by atoms with Gasteiger partial charge in [0.25, 0.3) is 5.24 Å². The monoisotopic (exact) mass is 119 g/mol. The average molecular weight is 119 g/mol.